The van der Waals surface area contributed by atoms with Gasteiger partial charge in [0.1, 0.15) is 13.2 Å². The number of unbranched alkanes of at least 4 members (excludes halogenated alkanes) is 18. The highest BCUT2D eigenvalue weighted by molar-refractivity contribution is 5.71. The van der Waals surface area contributed by atoms with E-state index in [0.717, 1.165) is 70.1 Å². The molecule has 0 aromatic heterocycles. The van der Waals surface area contributed by atoms with Crippen molar-refractivity contribution in [1.82, 2.24) is 0 Å². The molecule has 0 spiro atoms. The van der Waals surface area contributed by atoms with Crippen LogP contribution in [-0.2, 0) is 28.6 Å². The molecule has 0 rings (SSSR count). The molecule has 0 saturated heterocycles. The third kappa shape index (κ3) is 29.9. The van der Waals surface area contributed by atoms with E-state index in [1.165, 1.54) is 77.0 Å². The van der Waals surface area contributed by atoms with Crippen molar-refractivity contribution in [3.63, 3.8) is 0 Å². The predicted octanol–water partition coefficient (Wildman–Crippen LogP) is 10.4. The van der Waals surface area contributed by atoms with Gasteiger partial charge in [-0.2, -0.15) is 0 Å². The Kier molecular flexibility index (Phi) is 29.7. The van der Waals surface area contributed by atoms with Crippen molar-refractivity contribution in [3.8, 4) is 0 Å². The van der Waals surface area contributed by atoms with Crippen LogP contribution < -0.4 is 0 Å². The number of carbonyl (C=O) groups is 3. The topological polar surface area (TPSA) is 78.9 Å². The van der Waals surface area contributed by atoms with Crippen LogP contribution in [0.4, 0.5) is 0 Å². The number of esters is 3. The van der Waals surface area contributed by atoms with Crippen LogP contribution in [0, 0.1) is 5.92 Å². The summed E-state index contributed by atoms with van der Waals surface area (Å²) in [6, 6.07) is 0. The van der Waals surface area contributed by atoms with Gasteiger partial charge in [-0.1, -0.05) is 150 Å². The Balaban J connectivity index is 4.29. The molecule has 0 aliphatic carbocycles. The summed E-state index contributed by atoms with van der Waals surface area (Å²) in [6.07, 6.45) is 25.6. The van der Waals surface area contributed by atoms with Gasteiger partial charge in [0.15, 0.2) is 6.10 Å². The molecule has 0 N–H and O–H groups in total. The maximum atomic E-state index is 12.5. The standard InChI is InChI=1S/C36H68O6/c1-5-7-9-11-15-20-24-28-35(38)41-31-33(30-40-34(37)27-23-18-10-8-6-2)42-36(39)29-25-21-17-14-12-13-16-19-22-26-32(3)4/h32-33H,5-31H2,1-4H3/t33-/m0/s1. The Bertz CT molecular complexity index is 632. The van der Waals surface area contributed by atoms with Crippen molar-refractivity contribution in [3.05, 3.63) is 0 Å². The number of rotatable bonds is 31. The monoisotopic (exact) mass is 597 g/mol. The average Bonchev–Trinajstić information content (AvgIpc) is 2.96. The minimum atomic E-state index is -0.754. The van der Waals surface area contributed by atoms with E-state index in [-0.39, 0.29) is 31.1 Å². The molecule has 6 heteroatoms. The van der Waals surface area contributed by atoms with Gasteiger partial charge >= 0.3 is 17.9 Å². The third-order valence-electron chi connectivity index (χ3n) is 7.79. The normalized spacial score (nSPS) is 11.9. The average molecular weight is 597 g/mol. The fourth-order valence-electron chi connectivity index (χ4n) is 5.04. The number of ether oxygens (including phenoxy) is 3. The first-order valence-electron chi connectivity index (χ1n) is 17.9. The molecule has 0 aliphatic rings. The zero-order valence-electron chi connectivity index (χ0n) is 28.2. The van der Waals surface area contributed by atoms with Gasteiger partial charge in [0.05, 0.1) is 0 Å². The van der Waals surface area contributed by atoms with E-state index < -0.39 is 6.10 Å². The lowest BCUT2D eigenvalue weighted by Gasteiger charge is -2.18. The summed E-state index contributed by atoms with van der Waals surface area (Å²) in [4.78, 5) is 37.0. The zero-order valence-corrected chi connectivity index (χ0v) is 28.2. The first-order chi connectivity index (χ1) is 20.4. The van der Waals surface area contributed by atoms with Crippen molar-refractivity contribution < 1.29 is 28.6 Å². The fourth-order valence-corrected chi connectivity index (χ4v) is 5.04. The first kappa shape index (κ1) is 40.4. The molecule has 0 aliphatic heterocycles. The Labute approximate surface area is 259 Å². The largest absolute Gasteiger partial charge is 0.462 e. The van der Waals surface area contributed by atoms with Crippen molar-refractivity contribution in [2.45, 2.75) is 194 Å². The van der Waals surface area contributed by atoms with Crippen LogP contribution in [0.5, 0.6) is 0 Å². The molecule has 0 aromatic rings. The summed E-state index contributed by atoms with van der Waals surface area (Å²) in [5, 5.41) is 0. The molecule has 0 unspecified atom stereocenters. The smallest absolute Gasteiger partial charge is 0.306 e. The summed E-state index contributed by atoms with van der Waals surface area (Å²) in [6.45, 7) is 8.80. The summed E-state index contributed by atoms with van der Waals surface area (Å²) < 4.78 is 16.4. The van der Waals surface area contributed by atoms with Gasteiger partial charge in [0.25, 0.3) is 0 Å². The number of carbonyl (C=O) groups excluding carboxylic acids is 3. The summed E-state index contributed by atoms with van der Waals surface area (Å²) in [7, 11) is 0. The molecule has 6 nitrogen and oxygen atoms in total. The lowest BCUT2D eigenvalue weighted by Crippen LogP contribution is -2.30. The SMILES string of the molecule is CCCCCCCCCC(=O)OC[C@H](COC(=O)CCCCCCC)OC(=O)CCCCCCCCCCCC(C)C. The molecular formula is C36H68O6. The zero-order chi connectivity index (χ0) is 31.1. The molecule has 0 radical (unpaired) electrons. The van der Waals surface area contributed by atoms with Crippen LogP contribution >= 0.6 is 0 Å². The van der Waals surface area contributed by atoms with Gasteiger partial charge in [0, 0.05) is 19.3 Å². The Hall–Kier alpha value is -1.59. The summed E-state index contributed by atoms with van der Waals surface area (Å²) >= 11 is 0. The lowest BCUT2D eigenvalue weighted by atomic mass is 10.0. The Morgan fingerprint density at radius 2 is 0.786 bits per heavy atom. The van der Waals surface area contributed by atoms with Crippen LogP contribution in [0.3, 0.4) is 0 Å². The molecule has 248 valence electrons. The Morgan fingerprint density at radius 3 is 1.17 bits per heavy atom. The molecule has 0 bridgehead atoms. The molecule has 42 heavy (non-hydrogen) atoms. The number of hydrogen-bond acceptors (Lipinski definition) is 6. The minimum absolute atomic E-state index is 0.0674. The molecule has 0 saturated carbocycles. The highest BCUT2D eigenvalue weighted by Gasteiger charge is 2.19. The minimum Gasteiger partial charge on any atom is -0.462 e. The van der Waals surface area contributed by atoms with Crippen molar-refractivity contribution in [2.75, 3.05) is 13.2 Å². The van der Waals surface area contributed by atoms with Crippen LogP contribution in [0.25, 0.3) is 0 Å². The van der Waals surface area contributed by atoms with E-state index in [0.29, 0.717) is 19.3 Å². The fraction of sp³-hybridized carbons (Fsp3) is 0.917. The lowest BCUT2D eigenvalue weighted by molar-refractivity contribution is -0.167. The second-order valence-electron chi connectivity index (χ2n) is 12.6. The molecule has 1 atom stereocenters. The van der Waals surface area contributed by atoms with E-state index in [1.54, 1.807) is 0 Å². The van der Waals surface area contributed by atoms with Crippen molar-refractivity contribution in [2.24, 2.45) is 5.92 Å². The van der Waals surface area contributed by atoms with Crippen LogP contribution in [0.2, 0.25) is 0 Å². The van der Waals surface area contributed by atoms with E-state index >= 15 is 0 Å². The molecule has 0 heterocycles. The second-order valence-corrected chi connectivity index (χ2v) is 12.6. The van der Waals surface area contributed by atoms with Crippen molar-refractivity contribution in [1.29, 1.82) is 0 Å². The highest BCUT2D eigenvalue weighted by atomic mass is 16.6. The maximum absolute atomic E-state index is 12.5. The maximum Gasteiger partial charge on any atom is 0.306 e. The van der Waals surface area contributed by atoms with Crippen LogP contribution in [-0.4, -0.2) is 37.2 Å². The van der Waals surface area contributed by atoms with Gasteiger partial charge in [-0.25, -0.2) is 0 Å². The van der Waals surface area contributed by atoms with Crippen molar-refractivity contribution >= 4 is 17.9 Å². The predicted molar refractivity (Wildman–Crippen MR) is 173 cm³/mol. The summed E-state index contributed by atoms with van der Waals surface area (Å²) in [5.74, 6) is -0.0839. The number of hydrogen-bond donors (Lipinski definition) is 0. The summed E-state index contributed by atoms with van der Waals surface area (Å²) in [5.41, 5.74) is 0. The van der Waals surface area contributed by atoms with Gasteiger partial charge in [-0.15, -0.1) is 0 Å². The molecule has 0 amide bonds. The van der Waals surface area contributed by atoms with Gasteiger partial charge < -0.3 is 14.2 Å². The van der Waals surface area contributed by atoms with Gasteiger partial charge in [-0.05, 0) is 25.2 Å². The highest BCUT2D eigenvalue weighted by Crippen LogP contribution is 2.14. The van der Waals surface area contributed by atoms with E-state index in [2.05, 4.69) is 27.7 Å². The van der Waals surface area contributed by atoms with Gasteiger partial charge in [0.2, 0.25) is 0 Å². The molecule has 0 fully saturated rings. The van der Waals surface area contributed by atoms with Crippen LogP contribution in [0.15, 0.2) is 0 Å². The Morgan fingerprint density at radius 1 is 0.452 bits per heavy atom. The third-order valence-corrected chi connectivity index (χ3v) is 7.79. The van der Waals surface area contributed by atoms with Gasteiger partial charge in [-0.3, -0.25) is 14.4 Å². The van der Waals surface area contributed by atoms with Crippen LogP contribution in [0.1, 0.15) is 188 Å². The van der Waals surface area contributed by atoms with E-state index in [9.17, 15) is 14.4 Å². The quantitative estimate of drug-likeness (QED) is 0.0450. The first-order valence-corrected chi connectivity index (χ1v) is 17.9. The van der Waals surface area contributed by atoms with E-state index in [4.69, 9.17) is 14.2 Å². The van der Waals surface area contributed by atoms with E-state index in [1.807, 2.05) is 0 Å². The second kappa shape index (κ2) is 30.9. The molecule has 0 aromatic carbocycles. The molecular weight excluding hydrogens is 528 g/mol.